The van der Waals surface area contributed by atoms with Crippen LogP contribution in [0.15, 0.2) is 65.8 Å². The number of nitrogens with two attached hydrogens (primary N) is 1. The molecule has 0 spiro atoms. The van der Waals surface area contributed by atoms with Gasteiger partial charge in [0.15, 0.2) is 11.6 Å². The third kappa shape index (κ3) is 4.78. The predicted molar refractivity (Wildman–Crippen MR) is 125 cm³/mol. The van der Waals surface area contributed by atoms with Gasteiger partial charge in [-0.1, -0.05) is 32.0 Å². The van der Waals surface area contributed by atoms with Gasteiger partial charge in [-0.25, -0.2) is 18.4 Å². The van der Waals surface area contributed by atoms with Crippen LogP contribution in [0.5, 0.6) is 0 Å². The Morgan fingerprint density at radius 2 is 1.55 bits per heavy atom. The number of aromatic nitrogens is 2. The Labute approximate surface area is 183 Å². The third-order valence-electron chi connectivity index (χ3n) is 4.96. The number of benzene rings is 2. The van der Waals surface area contributed by atoms with Gasteiger partial charge in [-0.05, 0) is 43.3 Å². The Morgan fingerprint density at radius 3 is 2.13 bits per heavy atom. The van der Waals surface area contributed by atoms with Crippen molar-refractivity contribution in [3.8, 4) is 0 Å². The lowest BCUT2D eigenvalue weighted by Crippen LogP contribution is -2.30. The first-order chi connectivity index (χ1) is 14.9. The summed E-state index contributed by atoms with van der Waals surface area (Å²) in [6.07, 6.45) is 1.46. The van der Waals surface area contributed by atoms with Crippen molar-refractivity contribution in [3.05, 3.63) is 60.9 Å². The van der Waals surface area contributed by atoms with Crippen LogP contribution in [0.2, 0.25) is 0 Å². The number of hydrogen-bond acceptors (Lipinski definition) is 7. The first-order valence-corrected chi connectivity index (χ1v) is 11.7. The van der Waals surface area contributed by atoms with Crippen molar-refractivity contribution in [2.45, 2.75) is 25.7 Å². The van der Waals surface area contributed by atoms with Crippen LogP contribution in [0, 0.1) is 0 Å². The van der Waals surface area contributed by atoms with Crippen LogP contribution in [0.1, 0.15) is 20.8 Å². The lowest BCUT2D eigenvalue weighted by atomic mass is 10.2. The van der Waals surface area contributed by atoms with Gasteiger partial charge in [0.1, 0.15) is 12.0 Å². The molecule has 1 aromatic heterocycles. The van der Waals surface area contributed by atoms with Gasteiger partial charge >= 0.3 is 0 Å². The highest BCUT2D eigenvalue weighted by Crippen LogP contribution is 2.33. The number of rotatable bonds is 9. The topological polar surface area (TPSA) is 104 Å². The molecule has 31 heavy (non-hydrogen) atoms. The zero-order valence-corrected chi connectivity index (χ0v) is 18.8. The maximum absolute atomic E-state index is 12.7. The second-order valence-corrected chi connectivity index (χ2v) is 8.72. The molecule has 1 heterocycles. The minimum Gasteiger partial charge on any atom is -0.393 e. The van der Waals surface area contributed by atoms with Gasteiger partial charge in [0.05, 0.1) is 4.90 Å². The molecule has 3 aromatic rings. The average Bonchev–Trinajstić information content (AvgIpc) is 2.78. The van der Waals surface area contributed by atoms with Crippen molar-refractivity contribution in [3.63, 3.8) is 0 Å². The normalized spacial score (nSPS) is 11.5. The molecular weight excluding hydrogens is 412 g/mol. The van der Waals surface area contributed by atoms with Gasteiger partial charge in [0.2, 0.25) is 10.0 Å². The zero-order valence-electron chi connectivity index (χ0n) is 18.0. The van der Waals surface area contributed by atoms with E-state index in [0.717, 1.165) is 5.69 Å². The van der Waals surface area contributed by atoms with E-state index >= 15 is 0 Å². The lowest BCUT2D eigenvalue weighted by molar-refractivity contribution is 0.445. The van der Waals surface area contributed by atoms with Crippen molar-refractivity contribution >= 4 is 38.7 Å². The lowest BCUT2D eigenvalue weighted by Gasteiger charge is -2.24. The van der Waals surface area contributed by atoms with Crippen molar-refractivity contribution < 1.29 is 8.42 Å². The van der Waals surface area contributed by atoms with Crippen LogP contribution in [0.3, 0.4) is 0 Å². The Balaban J connectivity index is 1.86. The van der Waals surface area contributed by atoms with E-state index in [9.17, 15) is 8.42 Å². The molecule has 2 aromatic carbocycles. The number of anilines is 5. The average molecular weight is 441 g/mol. The fourth-order valence-corrected chi connectivity index (χ4v) is 4.78. The molecule has 0 amide bonds. The van der Waals surface area contributed by atoms with Crippen LogP contribution in [0.4, 0.5) is 28.7 Å². The Kier molecular flexibility index (Phi) is 7.09. The number of nitrogens with zero attached hydrogens (tertiary/aromatic N) is 4. The van der Waals surface area contributed by atoms with Crippen molar-refractivity contribution in [2.24, 2.45) is 0 Å². The number of hydrogen-bond donors (Lipinski definition) is 2. The first-order valence-electron chi connectivity index (χ1n) is 10.2. The maximum atomic E-state index is 12.7. The quantitative estimate of drug-likeness (QED) is 0.518. The summed E-state index contributed by atoms with van der Waals surface area (Å²) in [6.45, 7) is 7.20. The molecule has 0 aliphatic carbocycles. The molecule has 9 heteroatoms. The largest absolute Gasteiger partial charge is 0.393 e. The van der Waals surface area contributed by atoms with Gasteiger partial charge < -0.3 is 16.0 Å². The molecule has 164 valence electrons. The molecule has 0 atom stereocenters. The Hall–Kier alpha value is -3.17. The fourth-order valence-electron chi connectivity index (χ4n) is 3.32. The molecule has 0 radical (unpaired) electrons. The molecular formula is C22H28N6O2S. The highest BCUT2D eigenvalue weighted by atomic mass is 32.2. The highest BCUT2D eigenvalue weighted by Gasteiger charge is 2.21. The van der Waals surface area contributed by atoms with Crippen LogP contribution >= 0.6 is 0 Å². The molecule has 0 aliphatic heterocycles. The molecule has 0 fully saturated rings. The van der Waals surface area contributed by atoms with Crippen LogP contribution in [-0.2, 0) is 10.0 Å². The van der Waals surface area contributed by atoms with Gasteiger partial charge in [-0.15, -0.1) is 0 Å². The third-order valence-corrected chi connectivity index (χ3v) is 7.03. The van der Waals surface area contributed by atoms with Crippen molar-refractivity contribution in [2.75, 3.05) is 35.6 Å². The summed E-state index contributed by atoms with van der Waals surface area (Å²) in [4.78, 5) is 10.9. The minimum absolute atomic E-state index is 0.249. The second-order valence-electron chi connectivity index (χ2n) is 6.78. The van der Waals surface area contributed by atoms with Gasteiger partial charge in [0.25, 0.3) is 0 Å². The van der Waals surface area contributed by atoms with E-state index in [1.807, 2.05) is 56.0 Å². The van der Waals surface area contributed by atoms with E-state index < -0.39 is 10.0 Å². The maximum Gasteiger partial charge on any atom is 0.243 e. The SMILES string of the molecule is CCN(c1ccccc1)c1ncnc(Nc2ccc(S(=O)(=O)N(CC)CC)cc2)c1N. The molecule has 0 aliphatic rings. The molecule has 8 nitrogen and oxygen atoms in total. The van der Waals surface area contributed by atoms with Crippen molar-refractivity contribution in [1.82, 2.24) is 14.3 Å². The van der Waals surface area contributed by atoms with E-state index in [1.165, 1.54) is 10.6 Å². The Morgan fingerprint density at radius 1 is 0.903 bits per heavy atom. The predicted octanol–water partition coefficient (Wildman–Crippen LogP) is 3.99. The number of nitrogen functional groups attached to an aromatic ring is 1. The number of nitrogens with one attached hydrogen (secondary N) is 1. The van der Waals surface area contributed by atoms with Gasteiger partial charge in [-0.2, -0.15) is 4.31 Å². The molecule has 0 unspecified atom stereocenters. The summed E-state index contributed by atoms with van der Waals surface area (Å²) in [5.74, 6) is 1.06. The fraction of sp³-hybridized carbons (Fsp3) is 0.273. The summed E-state index contributed by atoms with van der Waals surface area (Å²) < 4.78 is 26.8. The second kappa shape index (κ2) is 9.76. The van der Waals surface area contributed by atoms with Gasteiger partial charge in [-0.3, -0.25) is 0 Å². The first kappa shape index (κ1) is 22.5. The highest BCUT2D eigenvalue weighted by molar-refractivity contribution is 7.89. The van der Waals surface area contributed by atoms with E-state index in [1.54, 1.807) is 24.3 Å². The van der Waals surface area contributed by atoms with E-state index in [2.05, 4.69) is 15.3 Å². The summed E-state index contributed by atoms with van der Waals surface area (Å²) >= 11 is 0. The van der Waals surface area contributed by atoms with E-state index in [4.69, 9.17) is 5.73 Å². The minimum atomic E-state index is -3.50. The molecule has 3 N–H and O–H groups in total. The standard InChI is InChI=1S/C22H28N6O2S/c1-4-27(5-2)31(29,30)19-14-12-17(13-15-19)26-21-20(23)22(25-16-24-21)28(6-3)18-10-8-7-9-11-18/h7-16H,4-6,23H2,1-3H3,(H,24,25,26). The van der Waals surface area contributed by atoms with Crippen LogP contribution < -0.4 is 16.0 Å². The smallest absolute Gasteiger partial charge is 0.243 e. The molecule has 0 saturated heterocycles. The van der Waals surface area contributed by atoms with Crippen LogP contribution in [-0.4, -0.2) is 42.3 Å². The summed E-state index contributed by atoms with van der Waals surface area (Å²) in [6, 6.07) is 16.4. The Bertz CT molecular complexity index is 1100. The molecule has 3 rings (SSSR count). The molecule has 0 saturated carbocycles. The zero-order chi connectivity index (χ0) is 22.4. The number of para-hydroxylation sites is 1. The summed E-state index contributed by atoms with van der Waals surface area (Å²) in [7, 11) is -3.50. The van der Waals surface area contributed by atoms with Crippen molar-refractivity contribution in [1.29, 1.82) is 0 Å². The van der Waals surface area contributed by atoms with Gasteiger partial charge in [0, 0.05) is 31.0 Å². The number of sulfonamides is 1. The van der Waals surface area contributed by atoms with E-state index in [-0.39, 0.29) is 4.90 Å². The van der Waals surface area contributed by atoms with E-state index in [0.29, 0.717) is 42.6 Å². The summed E-state index contributed by atoms with van der Waals surface area (Å²) in [5.41, 5.74) is 8.46. The summed E-state index contributed by atoms with van der Waals surface area (Å²) in [5, 5.41) is 3.17. The monoisotopic (exact) mass is 440 g/mol. The van der Waals surface area contributed by atoms with Crippen LogP contribution in [0.25, 0.3) is 0 Å². The molecule has 0 bridgehead atoms.